The molecule has 0 N–H and O–H groups in total. The summed E-state index contributed by atoms with van der Waals surface area (Å²) in [4.78, 5) is 11.2. The Balaban J connectivity index is 1.53. The largest absolute Gasteiger partial charge is 0.469 e. The van der Waals surface area contributed by atoms with E-state index in [1.54, 1.807) is 35.0 Å². The van der Waals surface area contributed by atoms with Gasteiger partial charge in [-0.25, -0.2) is 0 Å². The molecule has 0 amide bonds. The first-order valence-corrected chi connectivity index (χ1v) is 9.03. The SMILES string of the molecule is Cc1occc1-c1nnc2sc(-c3ccc(-c4cccc([N+](=O)[O-])c4)o3)nn12. The number of fused-ring (bicyclic) bond motifs is 1. The molecule has 0 bridgehead atoms. The summed E-state index contributed by atoms with van der Waals surface area (Å²) in [5.74, 6) is 2.39. The highest BCUT2D eigenvalue weighted by Gasteiger charge is 2.19. The predicted octanol–water partition coefficient (Wildman–Crippen LogP) is 4.59. The second-order valence-electron chi connectivity index (χ2n) is 5.99. The van der Waals surface area contributed by atoms with Crippen LogP contribution in [0, 0.1) is 17.0 Å². The molecule has 0 aliphatic rings. The minimum atomic E-state index is -0.435. The summed E-state index contributed by atoms with van der Waals surface area (Å²) in [6, 6.07) is 11.7. The maximum Gasteiger partial charge on any atom is 0.270 e. The van der Waals surface area contributed by atoms with Crippen LogP contribution in [0.25, 0.3) is 38.4 Å². The smallest absolute Gasteiger partial charge is 0.270 e. The van der Waals surface area contributed by atoms with Gasteiger partial charge in [0.2, 0.25) is 4.96 Å². The van der Waals surface area contributed by atoms with Crippen molar-refractivity contribution in [3.63, 3.8) is 0 Å². The molecule has 4 aromatic heterocycles. The van der Waals surface area contributed by atoms with Crippen LogP contribution in [0.15, 0.2) is 57.6 Å². The Kier molecular flexibility index (Phi) is 3.59. The van der Waals surface area contributed by atoms with Crippen molar-refractivity contribution in [3.8, 4) is 33.5 Å². The summed E-state index contributed by atoms with van der Waals surface area (Å²) in [6.45, 7) is 1.85. The topological polar surface area (TPSA) is 112 Å². The highest BCUT2D eigenvalue weighted by atomic mass is 32.1. The molecule has 138 valence electrons. The number of hydrogen-bond acceptors (Lipinski definition) is 8. The van der Waals surface area contributed by atoms with Crippen LogP contribution < -0.4 is 0 Å². The van der Waals surface area contributed by atoms with Gasteiger partial charge in [-0.15, -0.1) is 15.3 Å². The number of rotatable bonds is 4. The second-order valence-corrected chi connectivity index (χ2v) is 6.94. The molecule has 0 aliphatic carbocycles. The predicted molar refractivity (Wildman–Crippen MR) is 101 cm³/mol. The highest BCUT2D eigenvalue weighted by molar-refractivity contribution is 7.19. The lowest BCUT2D eigenvalue weighted by Gasteiger charge is -1.97. The van der Waals surface area contributed by atoms with Gasteiger partial charge in [-0.05, 0) is 25.1 Å². The van der Waals surface area contributed by atoms with E-state index in [2.05, 4.69) is 15.3 Å². The van der Waals surface area contributed by atoms with Gasteiger partial charge in [-0.2, -0.15) is 4.52 Å². The fourth-order valence-electron chi connectivity index (χ4n) is 2.88. The first-order valence-electron chi connectivity index (χ1n) is 8.22. The van der Waals surface area contributed by atoms with Crippen molar-refractivity contribution >= 4 is 22.0 Å². The highest BCUT2D eigenvalue weighted by Crippen LogP contribution is 2.33. The lowest BCUT2D eigenvalue weighted by atomic mass is 10.1. The molecular formula is C18H11N5O4S. The molecule has 10 heteroatoms. The third-order valence-corrected chi connectivity index (χ3v) is 5.16. The number of non-ortho nitro benzene ring substituents is 1. The molecule has 0 spiro atoms. The summed E-state index contributed by atoms with van der Waals surface area (Å²) < 4.78 is 12.9. The Morgan fingerprint density at radius 1 is 1.14 bits per heavy atom. The minimum Gasteiger partial charge on any atom is -0.469 e. The monoisotopic (exact) mass is 393 g/mol. The molecule has 0 atom stereocenters. The van der Waals surface area contributed by atoms with Gasteiger partial charge in [0.1, 0.15) is 11.5 Å². The number of benzene rings is 1. The minimum absolute atomic E-state index is 0.00867. The van der Waals surface area contributed by atoms with E-state index in [4.69, 9.17) is 8.83 Å². The number of aromatic nitrogens is 4. The quantitative estimate of drug-likeness (QED) is 0.324. The Morgan fingerprint density at radius 2 is 2.00 bits per heavy atom. The summed E-state index contributed by atoms with van der Waals surface area (Å²) in [6.07, 6.45) is 1.59. The van der Waals surface area contributed by atoms with E-state index in [1.807, 2.05) is 13.0 Å². The van der Waals surface area contributed by atoms with Crippen LogP contribution in [-0.4, -0.2) is 24.7 Å². The summed E-state index contributed by atoms with van der Waals surface area (Å²) in [7, 11) is 0. The normalized spacial score (nSPS) is 11.3. The van der Waals surface area contributed by atoms with Crippen molar-refractivity contribution < 1.29 is 13.8 Å². The van der Waals surface area contributed by atoms with E-state index < -0.39 is 4.92 Å². The molecular weight excluding hydrogens is 382 g/mol. The Labute approximate surface area is 161 Å². The molecule has 5 aromatic rings. The zero-order valence-corrected chi connectivity index (χ0v) is 15.2. The van der Waals surface area contributed by atoms with Gasteiger partial charge in [0.05, 0.1) is 16.7 Å². The molecule has 9 nitrogen and oxygen atoms in total. The van der Waals surface area contributed by atoms with Crippen LogP contribution in [0.2, 0.25) is 0 Å². The van der Waals surface area contributed by atoms with E-state index in [9.17, 15) is 10.1 Å². The van der Waals surface area contributed by atoms with Crippen molar-refractivity contribution in [1.29, 1.82) is 0 Å². The van der Waals surface area contributed by atoms with Crippen molar-refractivity contribution in [2.75, 3.05) is 0 Å². The molecule has 0 saturated heterocycles. The molecule has 28 heavy (non-hydrogen) atoms. The molecule has 1 aromatic carbocycles. The van der Waals surface area contributed by atoms with Crippen molar-refractivity contribution in [3.05, 3.63) is 64.6 Å². The molecule has 5 rings (SSSR count). The van der Waals surface area contributed by atoms with E-state index in [0.29, 0.717) is 32.9 Å². The van der Waals surface area contributed by atoms with Crippen molar-refractivity contribution in [2.24, 2.45) is 0 Å². The Bertz CT molecular complexity index is 1330. The van der Waals surface area contributed by atoms with Gasteiger partial charge in [0.15, 0.2) is 16.6 Å². The maximum absolute atomic E-state index is 11.0. The third kappa shape index (κ3) is 2.58. The molecule has 0 aliphatic heterocycles. The molecule has 0 unspecified atom stereocenters. The Morgan fingerprint density at radius 3 is 2.79 bits per heavy atom. The van der Waals surface area contributed by atoms with Gasteiger partial charge in [0.25, 0.3) is 5.69 Å². The number of furan rings is 2. The van der Waals surface area contributed by atoms with Crippen LogP contribution in [-0.2, 0) is 0 Å². The molecule has 0 radical (unpaired) electrons. The molecule has 0 saturated carbocycles. The van der Waals surface area contributed by atoms with Gasteiger partial charge >= 0.3 is 0 Å². The van der Waals surface area contributed by atoms with E-state index in [0.717, 1.165) is 11.3 Å². The standard InChI is InChI=1S/C18H11N5O4S/c1-10-13(7-8-26-10)16-19-20-18-22(16)21-17(28-18)15-6-5-14(27-15)11-3-2-4-12(9-11)23(24)25/h2-9H,1H3. The van der Waals surface area contributed by atoms with Crippen LogP contribution in [0.3, 0.4) is 0 Å². The first-order chi connectivity index (χ1) is 13.6. The van der Waals surface area contributed by atoms with Gasteiger partial charge in [-0.3, -0.25) is 10.1 Å². The average Bonchev–Trinajstić information content (AvgIpc) is 3.45. The van der Waals surface area contributed by atoms with Crippen molar-refractivity contribution in [2.45, 2.75) is 6.92 Å². The lowest BCUT2D eigenvalue weighted by molar-refractivity contribution is -0.384. The average molecular weight is 393 g/mol. The summed E-state index contributed by atoms with van der Waals surface area (Å²) in [5, 5.41) is 24.5. The first kappa shape index (κ1) is 16.4. The number of nitro groups is 1. The second kappa shape index (κ2) is 6.13. The summed E-state index contributed by atoms with van der Waals surface area (Å²) >= 11 is 1.34. The van der Waals surface area contributed by atoms with Gasteiger partial charge in [0, 0.05) is 17.7 Å². The lowest BCUT2D eigenvalue weighted by Crippen LogP contribution is -1.90. The van der Waals surface area contributed by atoms with Crippen LogP contribution in [0.5, 0.6) is 0 Å². The molecule has 4 heterocycles. The zero-order chi connectivity index (χ0) is 19.3. The van der Waals surface area contributed by atoms with E-state index in [1.165, 1.54) is 23.5 Å². The van der Waals surface area contributed by atoms with Crippen LogP contribution in [0.1, 0.15) is 5.76 Å². The Hall–Kier alpha value is -3.79. The number of nitrogens with zero attached hydrogens (tertiary/aromatic N) is 5. The number of aryl methyl sites for hydroxylation is 1. The zero-order valence-electron chi connectivity index (χ0n) is 14.4. The summed E-state index contributed by atoms with van der Waals surface area (Å²) in [5.41, 5.74) is 1.45. The number of hydrogen-bond donors (Lipinski definition) is 0. The number of nitro benzene ring substituents is 1. The van der Waals surface area contributed by atoms with Gasteiger partial charge in [-0.1, -0.05) is 23.5 Å². The van der Waals surface area contributed by atoms with Crippen LogP contribution in [0.4, 0.5) is 5.69 Å². The maximum atomic E-state index is 11.0. The fraction of sp³-hybridized carbons (Fsp3) is 0.0556. The van der Waals surface area contributed by atoms with Crippen LogP contribution >= 0.6 is 11.3 Å². The van der Waals surface area contributed by atoms with Crippen molar-refractivity contribution in [1.82, 2.24) is 19.8 Å². The third-order valence-electron chi connectivity index (χ3n) is 4.25. The van der Waals surface area contributed by atoms with Gasteiger partial charge < -0.3 is 8.83 Å². The van der Waals surface area contributed by atoms with E-state index >= 15 is 0 Å². The fourth-order valence-corrected chi connectivity index (χ4v) is 3.68. The molecule has 0 fully saturated rings. The van der Waals surface area contributed by atoms with E-state index in [-0.39, 0.29) is 5.69 Å².